The van der Waals surface area contributed by atoms with Crippen LogP contribution in [0.15, 0.2) is 200 Å². The van der Waals surface area contributed by atoms with Crippen molar-refractivity contribution in [3.63, 3.8) is 0 Å². The Hall–Kier alpha value is -8.09. The number of furan rings is 3. The van der Waals surface area contributed by atoms with Gasteiger partial charge in [-0.25, -0.2) is 0 Å². The van der Waals surface area contributed by atoms with Crippen LogP contribution in [-0.4, -0.2) is 10.4 Å². The molecule has 13 aromatic rings. The average Bonchev–Trinajstić information content (AvgIpc) is 4.11. The third kappa shape index (κ3) is 5.17. The first-order chi connectivity index (χ1) is 31.6. The number of amidine groups is 1. The zero-order chi connectivity index (χ0) is 42.0. The lowest BCUT2D eigenvalue weighted by Gasteiger charge is -2.38. The van der Waals surface area contributed by atoms with Gasteiger partial charge in [-0.15, -0.1) is 0 Å². The van der Waals surface area contributed by atoms with Crippen LogP contribution in [0.4, 0.5) is 0 Å². The SMILES string of the molecule is CCC1C(c2ccc3c(c2)oc2ccccc23)N=C(c2cc(-n3c4ccccc4c4cc5ccccc5cc43)cc3c2oc2ccccc23)NC1c1ccc2c(c1)oc1ccccc12. The third-order valence-corrected chi connectivity index (χ3v) is 13.9. The highest BCUT2D eigenvalue weighted by Gasteiger charge is 2.37. The van der Waals surface area contributed by atoms with Gasteiger partial charge in [0.05, 0.1) is 28.7 Å². The van der Waals surface area contributed by atoms with E-state index in [-0.39, 0.29) is 18.0 Å². The molecule has 3 atom stereocenters. The van der Waals surface area contributed by atoms with Crippen molar-refractivity contribution >= 4 is 104 Å². The second-order valence-corrected chi connectivity index (χ2v) is 17.4. The van der Waals surface area contributed by atoms with Gasteiger partial charge in [0.1, 0.15) is 39.3 Å². The Balaban J connectivity index is 1.03. The Bertz CT molecular complexity index is 4090. The van der Waals surface area contributed by atoms with E-state index in [0.717, 1.165) is 111 Å². The van der Waals surface area contributed by atoms with Gasteiger partial charge in [-0.05, 0) is 89.0 Å². The highest BCUT2D eigenvalue weighted by molar-refractivity contribution is 6.18. The summed E-state index contributed by atoms with van der Waals surface area (Å²) < 4.78 is 22.3. The predicted octanol–water partition coefficient (Wildman–Crippen LogP) is 15.5. The number of hydrogen-bond donors (Lipinski definition) is 1. The van der Waals surface area contributed by atoms with E-state index >= 15 is 0 Å². The fourth-order valence-corrected chi connectivity index (χ4v) is 10.9. The number of fused-ring (bicyclic) bond motifs is 13. The third-order valence-electron chi connectivity index (χ3n) is 13.9. The molecule has 64 heavy (non-hydrogen) atoms. The van der Waals surface area contributed by atoms with Crippen LogP contribution < -0.4 is 5.32 Å². The van der Waals surface area contributed by atoms with E-state index in [1.165, 1.54) is 21.5 Å². The quantitative estimate of drug-likeness (QED) is 0.188. The molecule has 0 bridgehead atoms. The number of nitrogens with one attached hydrogen (secondary N) is 1. The van der Waals surface area contributed by atoms with Crippen LogP contribution in [0.2, 0.25) is 0 Å². The molecular weight excluding hydrogens is 787 g/mol. The smallest absolute Gasteiger partial charge is 0.146 e. The average molecular weight is 826 g/mol. The summed E-state index contributed by atoms with van der Waals surface area (Å²) in [5, 5.41) is 15.5. The second-order valence-electron chi connectivity index (χ2n) is 17.4. The van der Waals surface area contributed by atoms with Crippen LogP contribution in [0.25, 0.3) is 104 Å². The van der Waals surface area contributed by atoms with Crippen LogP contribution in [0.5, 0.6) is 0 Å². The first-order valence-electron chi connectivity index (χ1n) is 22.2. The van der Waals surface area contributed by atoms with Crippen molar-refractivity contribution in [3.05, 3.63) is 199 Å². The lowest BCUT2D eigenvalue weighted by molar-refractivity contribution is 0.311. The Morgan fingerprint density at radius 2 is 1.03 bits per heavy atom. The van der Waals surface area contributed by atoms with E-state index in [4.69, 9.17) is 18.2 Å². The maximum Gasteiger partial charge on any atom is 0.146 e. The maximum atomic E-state index is 6.90. The molecule has 0 amide bonds. The molecule has 1 N–H and O–H groups in total. The molecule has 0 fully saturated rings. The first kappa shape index (κ1) is 35.5. The normalized spacial score (nSPS) is 17.0. The van der Waals surface area contributed by atoms with Crippen molar-refractivity contribution in [2.45, 2.75) is 25.4 Å². The highest BCUT2D eigenvalue weighted by atomic mass is 16.3. The van der Waals surface area contributed by atoms with Crippen LogP contribution in [-0.2, 0) is 0 Å². The molecule has 0 spiro atoms. The summed E-state index contributed by atoms with van der Waals surface area (Å²) >= 11 is 0. The molecule has 0 saturated carbocycles. The standard InChI is InChI=1S/C58H39N3O3/c1-2-38-55(35-23-25-43-40-16-6-10-20-50(40)62-53(43)29-35)59-58(60-56(38)36-24-26-44-41-17-7-11-21-51(41)63-54(44)30-36)47-32-37(31-46-42-18-8-12-22-52(42)64-57(46)47)61-48-19-9-5-15-39(48)45-27-33-13-3-4-14-34(33)28-49(45)61/h3-32,38,55-56H,2H2,1H3,(H,59,60). The maximum absolute atomic E-state index is 6.90. The molecule has 9 aromatic carbocycles. The van der Waals surface area contributed by atoms with Crippen molar-refractivity contribution in [2.24, 2.45) is 10.9 Å². The van der Waals surface area contributed by atoms with Crippen LogP contribution in [0.3, 0.4) is 0 Å². The second kappa shape index (κ2) is 13.5. The van der Waals surface area contributed by atoms with Gasteiger partial charge < -0.3 is 23.1 Å². The number of hydrogen-bond acceptors (Lipinski definition) is 5. The molecule has 0 radical (unpaired) electrons. The molecule has 0 saturated heterocycles. The van der Waals surface area contributed by atoms with E-state index in [9.17, 15) is 0 Å². The number of benzene rings is 9. The lowest BCUT2D eigenvalue weighted by atomic mass is 9.80. The monoisotopic (exact) mass is 825 g/mol. The molecule has 6 heteroatoms. The van der Waals surface area contributed by atoms with Crippen LogP contribution in [0, 0.1) is 5.92 Å². The van der Waals surface area contributed by atoms with Gasteiger partial charge in [-0.2, -0.15) is 0 Å². The van der Waals surface area contributed by atoms with Gasteiger partial charge in [0, 0.05) is 54.7 Å². The van der Waals surface area contributed by atoms with Crippen LogP contribution >= 0.6 is 0 Å². The zero-order valence-electron chi connectivity index (χ0n) is 34.9. The van der Waals surface area contributed by atoms with E-state index in [2.05, 4.69) is 168 Å². The summed E-state index contributed by atoms with van der Waals surface area (Å²) in [5.41, 5.74) is 11.7. The summed E-state index contributed by atoms with van der Waals surface area (Å²) in [6.07, 6.45) is 0.880. The number of nitrogens with zero attached hydrogens (tertiary/aromatic N) is 2. The molecule has 6 nitrogen and oxygen atoms in total. The van der Waals surface area contributed by atoms with Gasteiger partial charge in [0.2, 0.25) is 0 Å². The summed E-state index contributed by atoms with van der Waals surface area (Å²) in [7, 11) is 0. The molecule has 4 aromatic heterocycles. The van der Waals surface area contributed by atoms with Crippen molar-refractivity contribution in [3.8, 4) is 5.69 Å². The van der Waals surface area contributed by atoms with Crippen molar-refractivity contribution in [2.75, 3.05) is 0 Å². The molecular formula is C58H39N3O3. The summed E-state index contributed by atoms with van der Waals surface area (Å²) in [4.78, 5) is 5.79. The Morgan fingerprint density at radius 1 is 0.469 bits per heavy atom. The molecule has 1 aliphatic heterocycles. The number of aromatic nitrogens is 1. The molecule has 304 valence electrons. The molecule has 0 aliphatic carbocycles. The number of aliphatic imine (C=N–C) groups is 1. The van der Waals surface area contributed by atoms with E-state index in [1.54, 1.807) is 0 Å². The zero-order valence-corrected chi connectivity index (χ0v) is 34.9. The minimum absolute atomic E-state index is 0.0902. The highest BCUT2D eigenvalue weighted by Crippen LogP contribution is 2.46. The first-order valence-corrected chi connectivity index (χ1v) is 22.2. The van der Waals surface area contributed by atoms with Gasteiger partial charge >= 0.3 is 0 Å². The lowest BCUT2D eigenvalue weighted by Crippen LogP contribution is -2.41. The van der Waals surface area contributed by atoms with Gasteiger partial charge in [0.15, 0.2) is 0 Å². The minimum Gasteiger partial charge on any atom is -0.456 e. The molecule has 5 heterocycles. The largest absolute Gasteiger partial charge is 0.456 e. The fraction of sp³-hybridized carbons (Fsp3) is 0.0862. The molecule has 3 unspecified atom stereocenters. The van der Waals surface area contributed by atoms with Gasteiger partial charge in [-0.3, -0.25) is 4.99 Å². The van der Waals surface area contributed by atoms with Crippen LogP contribution in [0.1, 0.15) is 42.1 Å². The van der Waals surface area contributed by atoms with Gasteiger partial charge in [0.25, 0.3) is 0 Å². The predicted molar refractivity (Wildman–Crippen MR) is 262 cm³/mol. The summed E-state index contributed by atoms with van der Waals surface area (Å²) in [6, 6.07) is 64.6. The molecule has 1 aliphatic rings. The van der Waals surface area contributed by atoms with E-state index in [1.807, 2.05) is 30.3 Å². The van der Waals surface area contributed by atoms with E-state index < -0.39 is 0 Å². The Labute approximate surface area is 366 Å². The van der Waals surface area contributed by atoms with E-state index in [0.29, 0.717) is 0 Å². The summed E-state index contributed by atoms with van der Waals surface area (Å²) in [6.45, 7) is 2.27. The summed E-state index contributed by atoms with van der Waals surface area (Å²) in [5.74, 6) is 0.874. The molecule has 14 rings (SSSR count). The minimum atomic E-state index is -0.210. The van der Waals surface area contributed by atoms with Gasteiger partial charge in [-0.1, -0.05) is 128 Å². The van der Waals surface area contributed by atoms with Crippen molar-refractivity contribution in [1.29, 1.82) is 0 Å². The number of rotatable bonds is 5. The van der Waals surface area contributed by atoms with Crippen molar-refractivity contribution in [1.82, 2.24) is 9.88 Å². The number of para-hydroxylation sites is 4. The Kier molecular flexibility index (Phi) is 7.46. The topological polar surface area (TPSA) is 68.7 Å². The fourth-order valence-electron chi connectivity index (χ4n) is 10.9. The van der Waals surface area contributed by atoms with Crippen molar-refractivity contribution < 1.29 is 13.3 Å². The Morgan fingerprint density at radius 3 is 1.73 bits per heavy atom.